The number of alkyl halides is 3. The van der Waals surface area contributed by atoms with E-state index in [1.54, 1.807) is 6.92 Å². The fourth-order valence-corrected chi connectivity index (χ4v) is 3.43. The number of halogens is 4. The third kappa shape index (κ3) is 7.89. The normalized spacial score (nSPS) is 10.9. The van der Waals surface area contributed by atoms with E-state index in [1.165, 1.54) is 61.1 Å². The zero-order chi connectivity index (χ0) is 29.6. The van der Waals surface area contributed by atoms with Crippen molar-refractivity contribution in [2.45, 2.75) is 13.1 Å². The van der Waals surface area contributed by atoms with Gasteiger partial charge in [-0.25, -0.2) is 9.78 Å². The monoisotopic (exact) mass is 585 g/mol. The molecule has 0 aliphatic carbocycles. The van der Waals surface area contributed by atoms with Crippen LogP contribution < -0.4 is 26.2 Å². The van der Waals surface area contributed by atoms with Crippen LogP contribution in [0.2, 0.25) is 5.02 Å². The van der Waals surface area contributed by atoms with Crippen LogP contribution in [0.3, 0.4) is 0 Å². The number of benzene rings is 2. The summed E-state index contributed by atoms with van der Waals surface area (Å²) in [4.78, 5) is 48.6. The lowest BCUT2D eigenvalue weighted by atomic mass is 10.2. The minimum absolute atomic E-state index is 0.0110. The molecule has 2 aromatic carbocycles. The molecule has 210 valence electrons. The van der Waals surface area contributed by atoms with Gasteiger partial charge in [0.25, 0.3) is 11.8 Å². The minimum Gasteiger partial charge on any atom is -0.457 e. The van der Waals surface area contributed by atoms with Crippen LogP contribution in [0.5, 0.6) is 11.5 Å². The zero-order valence-electron chi connectivity index (χ0n) is 20.9. The standard InChI is InChI=1S/C26H19ClF3N7O4/c1-14-12-33-22(13-32-14)24(39)37-36-23(38)21-11-18(8-9-31-21)41-17-5-2-15(3-6-17)34-25(40)35-16-4-7-20(27)19(10-16)26(28,29)30/h2-13H,1H3,(H,36,38)(H,37,39)(H2,34,35,40). The SMILES string of the molecule is Cc1cnc(C(=O)NNC(=O)c2cc(Oc3ccc(NC(=O)Nc4ccc(Cl)c(C(F)(F)F)c4)cc3)ccn2)cn1. The van der Waals surface area contributed by atoms with Gasteiger partial charge in [0.15, 0.2) is 0 Å². The number of hydrogen-bond donors (Lipinski definition) is 4. The number of amides is 4. The van der Waals surface area contributed by atoms with Gasteiger partial charge in [0.2, 0.25) is 0 Å². The van der Waals surface area contributed by atoms with E-state index in [-0.39, 0.29) is 22.8 Å². The molecule has 0 aliphatic heterocycles. The van der Waals surface area contributed by atoms with E-state index in [2.05, 4.69) is 36.4 Å². The molecule has 0 spiro atoms. The van der Waals surface area contributed by atoms with E-state index >= 15 is 0 Å². The molecule has 0 bridgehead atoms. The van der Waals surface area contributed by atoms with E-state index in [0.29, 0.717) is 17.1 Å². The Bertz CT molecular complexity index is 1580. The summed E-state index contributed by atoms with van der Waals surface area (Å²) in [7, 11) is 0. The van der Waals surface area contributed by atoms with Crippen LogP contribution in [0, 0.1) is 6.92 Å². The van der Waals surface area contributed by atoms with Crippen molar-refractivity contribution in [3.8, 4) is 11.5 Å². The molecular formula is C26H19ClF3N7O4. The van der Waals surface area contributed by atoms with Crippen LogP contribution in [0.25, 0.3) is 0 Å². The highest BCUT2D eigenvalue weighted by Gasteiger charge is 2.33. The lowest BCUT2D eigenvalue weighted by Gasteiger charge is -2.12. The number of aryl methyl sites for hydroxylation is 1. The van der Waals surface area contributed by atoms with E-state index in [9.17, 15) is 27.6 Å². The van der Waals surface area contributed by atoms with Crippen molar-refractivity contribution < 1.29 is 32.3 Å². The van der Waals surface area contributed by atoms with Gasteiger partial charge in [0, 0.05) is 29.8 Å². The Morgan fingerprint density at radius 2 is 1.44 bits per heavy atom. The smallest absolute Gasteiger partial charge is 0.417 e. The number of nitrogens with one attached hydrogen (secondary N) is 4. The average molecular weight is 586 g/mol. The molecule has 0 unspecified atom stereocenters. The Balaban J connectivity index is 1.31. The second kappa shape index (κ2) is 12.3. The van der Waals surface area contributed by atoms with Crippen LogP contribution in [0.15, 0.2) is 73.2 Å². The van der Waals surface area contributed by atoms with Crippen molar-refractivity contribution in [3.63, 3.8) is 0 Å². The van der Waals surface area contributed by atoms with Gasteiger partial charge in [-0.3, -0.25) is 30.4 Å². The molecule has 0 radical (unpaired) electrons. The Labute approximate surface area is 235 Å². The van der Waals surface area contributed by atoms with Gasteiger partial charge >= 0.3 is 12.2 Å². The molecule has 4 aromatic rings. The summed E-state index contributed by atoms with van der Waals surface area (Å²) >= 11 is 5.59. The van der Waals surface area contributed by atoms with Crippen molar-refractivity contribution >= 4 is 40.8 Å². The number of anilines is 2. The summed E-state index contributed by atoms with van der Waals surface area (Å²) in [6, 6.07) is 11.1. The molecule has 15 heteroatoms. The first-order valence-corrected chi connectivity index (χ1v) is 11.9. The molecular weight excluding hydrogens is 567 g/mol. The number of hydrazine groups is 1. The molecule has 0 saturated carbocycles. The topological polar surface area (TPSA) is 147 Å². The molecule has 2 aromatic heterocycles. The number of nitrogens with zero attached hydrogens (tertiary/aromatic N) is 3. The second-order valence-corrected chi connectivity index (χ2v) is 8.63. The molecule has 0 aliphatic rings. The highest BCUT2D eigenvalue weighted by molar-refractivity contribution is 6.31. The molecule has 11 nitrogen and oxygen atoms in total. The van der Waals surface area contributed by atoms with Crippen LogP contribution in [0.1, 0.15) is 32.2 Å². The lowest BCUT2D eigenvalue weighted by molar-refractivity contribution is -0.137. The molecule has 4 N–H and O–H groups in total. The Kier molecular flexibility index (Phi) is 8.63. The van der Waals surface area contributed by atoms with E-state index < -0.39 is 34.6 Å². The summed E-state index contributed by atoms with van der Waals surface area (Å²) in [6.45, 7) is 1.71. The largest absolute Gasteiger partial charge is 0.457 e. The van der Waals surface area contributed by atoms with Gasteiger partial charge in [0.1, 0.15) is 22.9 Å². The van der Waals surface area contributed by atoms with Crippen molar-refractivity contribution in [1.29, 1.82) is 0 Å². The number of rotatable bonds is 6. The fourth-order valence-electron chi connectivity index (χ4n) is 3.21. The predicted molar refractivity (Wildman–Crippen MR) is 142 cm³/mol. The Morgan fingerprint density at radius 1 is 0.780 bits per heavy atom. The maximum Gasteiger partial charge on any atom is 0.417 e. The highest BCUT2D eigenvalue weighted by atomic mass is 35.5. The third-order valence-electron chi connectivity index (χ3n) is 5.14. The minimum atomic E-state index is -4.67. The van der Waals surface area contributed by atoms with E-state index in [1.807, 2.05) is 0 Å². The van der Waals surface area contributed by atoms with Crippen molar-refractivity contribution in [1.82, 2.24) is 25.8 Å². The van der Waals surface area contributed by atoms with E-state index in [0.717, 1.165) is 12.1 Å². The molecule has 4 rings (SSSR count). The van der Waals surface area contributed by atoms with Crippen molar-refractivity contribution in [3.05, 3.63) is 101 Å². The van der Waals surface area contributed by atoms with Gasteiger partial charge in [-0.2, -0.15) is 13.2 Å². The predicted octanol–water partition coefficient (Wildman–Crippen LogP) is 5.36. The van der Waals surface area contributed by atoms with Crippen LogP contribution >= 0.6 is 11.6 Å². The molecule has 0 atom stereocenters. The number of urea groups is 1. The number of carbonyl (C=O) groups is 3. The van der Waals surface area contributed by atoms with Crippen LogP contribution in [-0.4, -0.2) is 32.8 Å². The summed E-state index contributed by atoms with van der Waals surface area (Å²) in [6.07, 6.45) is -0.663. The molecule has 41 heavy (non-hydrogen) atoms. The molecule has 4 amide bonds. The van der Waals surface area contributed by atoms with Crippen LogP contribution in [-0.2, 0) is 6.18 Å². The van der Waals surface area contributed by atoms with Gasteiger partial charge in [-0.1, -0.05) is 11.6 Å². The summed E-state index contributed by atoms with van der Waals surface area (Å²) in [5.74, 6) is -0.785. The third-order valence-corrected chi connectivity index (χ3v) is 5.47. The number of pyridine rings is 1. The molecule has 0 saturated heterocycles. The number of ether oxygens (including phenoxy) is 1. The van der Waals surface area contributed by atoms with Gasteiger partial charge in [-0.05, 0) is 55.5 Å². The molecule has 0 fully saturated rings. The quantitative estimate of drug-likeness (QED) is 0.223. The summed E-state index contributed by atoms with van der Waals surface area (Å²) < 4.78 is 44.8. The van der Waals surface area contributed by atoms with Crippen molar-refractivity contribution in [2.24, 2.45) is 0 Å². The van der Waals surface area contributed by atoms with Gasteiger partial charge < -0.3 is 15.4 Å². The Morgan fingerprint density at radius 3 is 2.10 bits per heavy atom. The maximum absolute atomic E-state index is 13.0. The highest BCUT2D eigenvalue weighted by Crippen LogP contribution is 2.36. The van der Waals surface area contributed by atoms with Gasteiger partial charge in [-0.15, -0.1) is 0 Å². The first kappa shape index (κ1) is 28.8. The van der Waals surface area contributed by atoms with Crippen LogP contribution in [0.4, 0.5) is 29.3 Å². The summed E-state index contributed by atoms with van der Waals surface area (Å²) in [5.41, 5.74) is 4.18. The number of aromatic nitrogens is 3. The fraction of sp³-hybridized carbons (Fsp3) is 0.0769. The first-order chi connectivity index (χ1) is 19.5. The Hall–Kier alpha value is -5.24. The van der Waals surface area contributed by atoms with Gasteiger partial charge in [0.05, 0.1) is 22.5 Å². The molecule has 2 heterocycles. The summed E-state index contributed by atoms with van der Waals surface area (Å²) in [5, 5.41) is 4.32. The maximum atomic E-state index is 13.0. The number of hydrogen-bond acceptors (Lipinski definition) is 7. The zero-order valence-corrected chi connectivity index (χ0v) is 21.7. The average Bonchev–Trinajstić information content (AvgIpc) is 2.93. The van der Waals surface area contributed by atoms with Crippen molar-refractivity contribution in [2.75, 3.05) is 10.6 Å². The first-order valence-electron chi connectivity index (χ1n) is 11.6. The second-order valence-electron chi connectivity index (χ2n) is 8.23. The van der Waals surface area contributed by atoms with E-state index in [4.69, 9.17) is 16.3 Å². The number of carbonyl (C=O) groups excluding carboxylic acids is 3. The lowest BCUT2D eigenvalue weighted by Crippen LogP contribution is -2.42.